The zero-order chi connectivity index (χ0) is 17.1. The van der Waals surface area contributed by atoms with Gasteiger partial charge in [0, 0.05) is 11.5 Å². The first kappa shape index (κ1) is 16.1. The van der Waals surface area contributed by atoms with Gasteiger partial charge >= 0.3 is 0 Å². The Labute approximate surface area is 144 Å². The van der Waals surface area contributed by atoms with Gasteiger partial charge in [0.25, 0.3) is 5.91 Å². The molecule has 1 N–H and O–H groups in total. The monoisotopic (exact) mass is 342 g/mol. The molecule has 0 bridgehead atoms. The van der Waals surface area contributed by atoms with Crippen LogP contribution in [0.2, 0.25) is 5.15 Å². The highest BCUT2D eigenvalue weighted by atomic mass is 35.5. The Morgan fingerprint density at radius 3 is 2.62 bits per heavy atom. The standard InChI is InChI=1S/C18H15ClN2O3/c1-23-11-7-8-15(16(9-11)24-2)21-18(22)13-10-17(19)20-14-6-4-3-5-12(13)14/h3-10H,1-2H3,(H,21,22). The molecule has 6 heteroatoms. The fourth-order valence-corrected chi connectivity index (χ4v) is 2.62. The highest BCUT2D eigenvalue weighted by Crippen LogP contribution is 2.30. The van der Waals surface area contributed by atoms with Gasteiger partial charge in [0.2, 0.25) is 0 Å². The molecule has 0 saturated carbocycles. The minimum atomic E-state index is -0.293. The summed E-state index contributed by atoms with van der Waals surface area (Å²) in [6.45, 7) is 0. The van der Waals surface area contributed by atoms with E-state index in [0.717, 1.165) is 5.39 Å². The van der Waals surface area contributed by atoms with Gasteiger partial charge in [-0.2, -0.15) is 0 Å². The summed E-state index contributed by atoms with van der Waals surface area (Å²) in [7, 11) is 3.10. The first-order valence-electron chi connectivity index (χ1n) is 7.21. The summed E-state index contributed by atoms with van der Waals surface area (Å²) < 4.78 is 10.5. The molecule has 0 spiro atoms. The second kappa shape index (κ2) is 6.76. The van der Waals surface area contributed by atoms with Gasteiger partial charge in [-0.25, -0.2) is 4.98 Å². The first-order valence-corrected chi connectivity index (χ1v) is 7.59. The van der Waals surface area contributed by atoms with Crippen molar-refractivity contribution in [1.29, 1.82) is 0 Å². The molecule has 0 unspecified atom stereocenters. The van der Waals surface area contributed by atoms with Crippen molar-refractivity contribution in [2.24, 2.45) is 0 Å². The number of halogens is 1. The summed E-state index contributed by atoms with van der Waals surface area (Å²) >= 11 is 6.04. The summed E-state index contributed by atoms with van der Waals surface area (Å²) in [5.41, 5.74) is 1.65. The quantitative estimate of drug-likeness (QED) is 0.723. The molecule has 0 saturated heterocycles. The van der Waals surface area contributed by atoms with Crippen LogP contribution in [0.25, 0.3) is 10.9 Å². The van der Waals surface area contributed by atoms with Crippen LogP contribution in [0.3, 0.4) is 0 Å². The van der Waals surface area contributed by atoms with Crippen molar-refractivity contribution < 1.29 is 14.3 Å². The molecule has 0 radical (unpaired) electrons. The number of carbonyl (C=O) groups is 1. The molecule has 0 aliphatic rings. The van der Waals surface area contributed by atoms with E-state index in [-0.39, 0.29) is 11.1 Å². The van der Waals surface area contributed by atoms with E-state index in [1.165, 1.54) is 7.11 Å². The topological polar surface area (TPSA) is 60.5 Å². The molecule has 0 aliphatic heterocycles. The number of carbonyl (C=O) groups excluding carboxylic acids is 1. The smallest absolute Gasteiger partial charge is 0.256 e. The molecule has 3 rings (SSSR count). The maximum atomic E-state index is 12.7. The molecule has 1 aromatic heterocycles. The number of methoxy groups -OCH3 is 2. The number of ether oxygens (including phenoxy) is 2. The van der Waals surface area contributed by atoms with Gasteiger partial charge < -0.3 is 14.8 Å². The maximum absolute atomic E-state index is 12.7. The van der Waals surface area contributed by atoms with Gasteiger partial charge in [-0.1, -0.05) is 29.8 Å². The maximum Gasteiger partial charge on any atom is 0.256 e. The van der Waals surface area contributed by atoms with E-state index in [0.29, 0.717) is 28.3 Å². The van der Waals surface area contributed by atoms with E-state index < -0.39 is 0 Å². The molecule has 3 aromatic rings. The van der Waals surface area contributed by atoms with Crippen molar-refractivity contribution in [3.8, 4) is 11.5 Å². The highest BCUT2D eigenvalue weighted by Gasteiger charge is 2.15. The number of nitrogens with zero attached hydrogens (tertiary/aromatic N) is 1. The second-order valence-electron chi connectivity index (χ2n) is 5.03. The van der Waals surface area contributed by atoms with Crippen LogP contribution in [0.5, 0.6) is 11.5 Å². The lowest BCUT2D eigenvalue weighted by Crippen LogP contribution is -2.13. The molecule has 5 nitrogen and oxygen atoms in total. The van der Waals surface area contributed by atoms with Crippen LogP contribution >= 0.6 is 11.6 Å². The lowest BCUT2D eigenvalue weighted by Gasteiger charge is -2.12. The van der Waals surface area contributed by atoms with Crippen molar-refractivity contribution in [2.75, 3.05) is 19.5 Å². The SMILES string of the molecule is COc1ccc(NC(=O)c2cc(Cl)nc3ccccc23)c(OC)c1. The Balaban J connectivity index is 1.99. The normalized spacial score (nSPS) is 10.5. The third kappa shape index (κ3) is 3.12. The van der Waals surface area contributed by atoms with E-state index >= 15 is 0 Å². The molecule has 122 valence electrons. The third-order valence-electron chi connectivity index (χ3n) is 3.59. The predicted molar refractivity (Wildman–Crippen MR) is 94.3 cm³/mol. The largest absolute Gasteiger partial charge is 0.497 e. The van der Waals surface area contributed by atoms with Crippen molar-refractivity contribution in [3.05, 3.63) is 59.2 Å². The van der Waals surface area contributed by atoms with Crippen molar-refractivity contribution in [3.63, 3.8) is 0 Å². The van der Waals surface area contributed by atoms with E-state index in [9.17, 15) is 4.79 Å². The second-order valence-corrected chi connectivity index (χ2v) is 5.42. The van der Waals surface area contributed by atoms with Gasteiger partial charge in [0.05, 0.1) is 31.0 Å². The minimum Gasteiger partial charge on any atom is -0.497 e. The lowest BCUT2D eigenvalue weighted by atomic mass is 10.1. The van der Waals surface area contributed by atoms with Crippen molar-refractivity contribution in [1.82, 2.24) is 4.98 Å². The van der Waals surface area contributed by atoms with E-state index in [1.54, 1.807) is 31.4 Å². The van der Waals surface area contributed by atoms with Crippen LogP contribution in [0.1, 0.15) is 10.4 Å². The molecule has 1 amide bonds. The van der Waals surface area contributed by atoms with Crippen molar-refractivity contribution in [2.45, 2.75) is 0 Å². The number of pyridine rings is 1. The lowest BCUT2D eigenvalue weighted by molar-refractivity contribution is 0.102. The number of amides is 1. The number of hydrogen-bond acceptors (Lipinski definition) is 4. The number of benzene rings is 2. The Kier molecular flexibility index (Phi) is 4.53. The van der Waals surface area contributed by atoms with Crippen LogP contribution in [0.15, 0.2) is 48.5 Å². The van der Waals surface area contributed by atoms with E-state index in [2.05, 4.69) is 10.3 Å². The molecule has 1 heterocycles. The van der Waals surface area contributed by atoms with Crippen LogP contribution < -0.4 is 14.8 Å². The molecular weight excluding hydrogens is 328 g/mol. The number of para-hydroxylation sites is 1. The molecule has 24 heavy (non-hydrogen) atoms. The predicted octanol–water partition coefficient (Wildman–Crippen LogP) is 4.16. The fourth-order valence-electron chi connectivity index (χ4n) is 2.42. The van der Waals surface area contributed by atoms with Gasteiger partial charge in [0.15, 0.2) is 0 Å². The average molecular weight is 343 g/mol. The van der Waals surface area contributed by atoms with Crippen LogP contribution in [0, 0.1) is 0 Å². The fraction of sp³-hybridized carbons (Fsp3) is 0.111. The van der Waals surface area contributed by atoms with Gasteiger partial charge in [-0.15, -0.1) is 0 Å². The number of aromatic nitrogens is 1. The zero-order valence-corrected chi connectivity index (χ0v) is 13.9. The van der Waals surface area contributed by atoms with Crippen LogP contribution in [0.4, 0.5) is 5.69 Å². The Bertz CT molecular complexity index is 912. The first-order chi connectivity index (χ1) is 11.6. The van der Waals surface area contributed by atoms with Gasteiger partial charge in [0.1, 0.15) is 16.7 Å². The number of hydrogen-bond donors (Lipinski definition) is 1. The minimum absolute atomic E-state index is 0.264. The summed E-state index contributed by atoms with van der Waals surface area (Å²) in [6, 6.07) is 14.1. The molecular formula is C18H15ClN2O3. The van der Waals surface area contributed by atoms with E-state index in [1.807, 2.05) is 24.3 Å². The molecule has 2 aromatic carbocycles. The average Bonchev–Trinajstić information content (AvgIpc) is 2.61. The van der Waals surface area contributed by atoms with Crippen LogP contribution in [-0.2, 0) is 0 Å². The van der Waals surface area contributed by atoms with E-state index in [4.69, 9.17) is 21.1 Å². The molecule has 0 atom stereocenters. The number of rotatable bonds is 4. The van der Waals surface area contributed by atoms with Gasteiger partial charge in [-0.3, -0.25) is 4.79 Å². The number of nitrogens with one attached hydrogen (secondary N) is 1. The number of anilines is 1. The number of fused-ring (bicyclic) bond motifs is 1. The van der Waals surface area contributed by atoms with Gasteiger partial charge in [-0.05, 0) is 24.3 Å². The summed E-state index contributed by atoms with van der Waals surface area (Å²) in [5.74, 6) is 0.855. The Morgan fingerprint density at radius 2 is 1.88 bits per heavy atom. The van der Waals surface area contributed by atoms with Crippen LogP contribution in [-0.4, -0.2) is 25.1 Å². The Hall–Kier alpha value is -2.79. The van der Waals surface area contributed by atoms with Crippen molar-refractivity contribution >= 4 is 34.1 Å². The molecule has 0 fully saturated rings. The summed E-state index contributed by atoms with van der Waals surface area (Å²) in [6.07, 6.45) is 0. The molecule has 0 aliphatic carbocycles. The Morgan fingerprint density at radius 1 is 1.08 bits per heavy atom. The third-order valence-corrected chi connectivity index (χ3v) is 3.78. The highest BCUT2D eigenvalue weighted by molar-refractivity contribution is 6.30. The zero-order valence-electron chi connectivity index (χ0n) is 13.2. The summed E-state index contributed by atoms with van der Waals surface area (Å²) in [5, 5.41) is 3.84. The summed E-state index contributed by atoms with van der Waals surface area (Å²) in [4.78, 5) is 16.9.